The highest BCUT2D eigenvalue weighted by molar-refractivity contribution is 6.01. The van der Waals surface area contributed by atoms with Crippen LogP contribution in [0.2, 0.25) is 0 Å². The molecule has 504 valence electrons. The van der Waals surface area contributed by atoms with Gasteiger partial charge in [-0.2, -0.15) is 0 Å². The minimum absolute atomic E-state index is 0.00963. The van der Waals surface area contributed by atoms with E-state index in [-0.39, 0.29) is 53.4 Å². The number of aliphatic carboxylic acids is 1. The predicted molar refractivity (Wildman–Crippen MR) is 346 cm³/mol. The number of rotatable bonds is 13. The summed E-state index contributed by atoms with van der Waals surface area (Å²) >= 11 is 0. The first kappa shape index (κ1) is 71.4. The van der Waals surface area contributed by atoms with Crippen molar-refractivity contribution in [1.82, 2.24) is 44.6 Å². The van der Waals surface area contributed by atoms with Crippen LogP contribution in [-0.2, 0) is 28.5 Å². The van der Waals surface area contributed by atoms with Crippen molar-refractivity contribution in [1.29, 1.82) is 0 Å². The summed E-state index contributed by atoms with van der Waals surface area (Å²) < 4.78 is 24.3. The van der Waals surface area contributed by atoms with Crippen LogP contribution in [0.1, 0.15) is 67.6 Å². The van der Waals surface area contributed by atoms with Gasteiger partial charge >= 0.3 is 47.3 Å². The number of hydroxylamine groups is 1. The fraction of sp³-hybridized carbons (Fsp3) is 0.226. The molecule has 0 bridgehead atoms. The van der Waals surface area contributed by atoms with E-state index in [1.165, 1.54) is 56.7 Å². The van der Waals surface area contributed by atoms with E-state index in [1.807, 2.05) is 97.1 Å². The Labute approximate surface area is 549 Å². The Morgan fingerprint density at radius 3 is 1.15 bits per heavy atom. The molecule has 8 aromatic rings. The van der Waals surface area contributed by atoms with Gasteiger partial charge in [0, 0.05) is 44.4 Å². The average Bonchev–Trinajstić information content (AvgIpc) is 1.69. The number of nitro groups is 3. The number of para-hydroxylation sites is 4. The molecule has 0 atom stereocenters. The first-order chi connectivity index (χ1) is 46.7. The van der Waals surface area contributed by atoms with Gasteiger partial charge in [0.1, 0.15) is 11.5 Å². The maximum atomic E-state index is 11.9. The molecule has 4 aliphatic heterocycles. The lowest BCUT2D eigenvalue weighted by Crippen LogP contribution is -2.22. The number of esters is 4. The van der Waals surface area contributed by atoms with Crippen molar-refractivity contribution in [2.24, 2.45) is 9.98 Å². The number of carboxylic acid groups (broad SMARTS) is 1. The second kappa shape index (κ2) is 34.5. The first-order valence-corrected chi connectivity index (χ1v) is 29.0. The van der Waals surface area contributed by atoms with E-state index in [0.717, 1.165) is 85.9 Å². The monoisotopic (exact) mass is 1330 g/mol. The standard InChI is InChI=1S/C15H17N3O2.C14H16N4O2.C11H9N3O4.C11H11N3O2.C6H6N2O4.C5H4N2O4/c1-20-15(19)13-11-14(17-9-5-6-10-17)16-18(13)12-7-3-2-4-8-12;19-14(16-20)12-10-13(17-8-4-5-9-17)15-18(12)11-6-2-1-3-7-11;1-18-11(15)9-7-10(14(16)17)12-13(9)8-5-3-2-4-6-8;1-16-11(15)9-7-10(12)13-14(9)8-5-3-2-4-6-8;1-12-6(9)4-2-5(7-3-4)8(10)11;8-5(9)3-1-4(6-2-3)7(10)11/h2-4,7-8,11H,5-6,9-10H2,1H3;1-3,6-7,10,20H,4-5,8-9H2,(H,16,19);2-7H,1H3;2-7H,1H3,(H2,12,13);2H,3H2,1H3;1H,2H2,(H,8,9). The van der Waals surface area contributed by atoms with Gasteiger partial charge in [-0.25, -0.2) is 43.5 Å². The number of ether oxygens (including phenoxy) is 4. The van der Waals surface area contributed by atoms with Crippen LogP contribution < -0.4 is 21.0 Å². The van der Waals surface area contributed by atoms with Crippen LogP contribution >= 0.6 is 0 Å². The number of benzene rings is 4. The van der Waals surface area contributed by atoms with Crippen molar-refractivity contribution in [3.8, 4) is 22.7 Å². The number of nitrogens with two attached hydrogens (primary N) is 1. The molecule has 5 N–H and O–H groups in total. The summed E-state index contributed by atoms with van der Waals surface area (Å²) in [5, 5.41) is 64.9. The van der Waals surface area contributed by atoms with Crippen molar-refractivity contribution in [2.45, 2.75) is 25.7 Å². The highest BCUT2D eigenvalue weighted by Gasteiger charge is 2.28. The van der Waals surface area contributed by atoms with Crippen LogP contribution in [0.15, 0.2) is 179 Å². The van der Waals surface area contributed by atoms with Gasteiger partial charge in [0.25, 0.3) is 5.91 Å². The summed E-state index contributed by atoms with van der Waals surface area (Å²) in [7, 11) is 5.13. The lowest BCUT2D eigenvalue weighted by Gasteiger charge is -2.12. The fourth-order valence-corrected chi connectivity index (χ4v) is 9.26. The normalized spacial score (nSPS) is 13.2. The number of carbonyl (C=O) groups excluding carboxylic acids is 5. The van der Waals surface area contributed by atoms with Gasteiger partial charge in [0.15, 0.2) is 41.8 Å². The zero-order valence-electron chi connectivity index (χ0n) is 52.3. The number of nitrogens with zero attached hydrogens (tertiary/aromatic N) is 15. The zero-order chi connectivity index (χ0) is 70.1. The van der Waals surface area contributed by atoms with Crippen molar-refractivity contribution in [3.63, 3.8) is 0 Å². The Morgan fingerprint density at radius 1 is 0.464 bits per heavy atom. The number of carboxylic acids is 1. The van der Waals surface area contributed by atoms with E-state index < -0.39 is 50.4 Å². The lowest BCUT2D eigenvalue weighted by molar-refractivity contribution is -0.389. The molecule has 0 saturated carbocycles. The Balaban J connectivity index is 0.000000166. The minimum Gasteiger partial charge on any atom is -0.478 e. The van der Waals surface area contributed by atoms with E-state index in [9.17, 15) is 59.1 Å². The van der Waals surface area contributed by atoms with Gasteiger partial charge in [0.2, 0.25) is 0 Å². The summed E-state index contributed by atoms with van der Waals surface area (Å²) in [6.07, 6.45) is 6.70. The molecule has 0 unspecified atom stereocenters. The predicted octanol–water partition coefficient (Wildman–Crippen LogP) is 6.12. The van der Waals surface area contributed by atoms with E-state index in [2.05, 4.69) is 54.4 Å². The molecular weight excluding hydrogens is 1270 g/mol. The van der Waals surface area contributed by atoms with Crippen molar-refractivity contribution < 1.29 is 72.8 Å². The Hall–Kier alpha value is -13.1. The van der Waals surface area contributed by atoms with Crippen molar-refractivity contribution >= 4 is 70.7 Å². The maximum absolute atomic E-state index is 11.9. The third-order valence-electron chi connectivity index (χ3n) is 13.9. The van der Waals surface area contributed by atoms with E-state index in [1.54, 1.807) is 51.2 Å². The van der Waals surface area contributed by atoms with Crippen LogP contribution in [0.3, 0.4) is 0 Å². The molecule has 35 nitrogen and oxygen atoms in total. The van der Waals surface area contributed by atoms with Gasteiger partial charge in [0.05, 0.1) is 85.7 Å². The van der Waals surface area contributed by atoms with Gasteiger partial charge in [-0.1, -0.05) is 82.8 Å². The summed E-state index contributed by atoms with van der Waals surface area (Å²) in [6.45, 7) is 3.81. The number of nitrogen functional groups attached to an aromatic ring is 1. The van der Waals surface area contributed by atoms with Gasteiger partial charge in [-0.05, 0) is 89.0 Å². The Bertz CT molecular complexity index is 4140. The molecular formula is C62H63N17O18. The number of hydrogen-bond donors (Lipinski definition) is 4. The topological polar surface area (TPSA) is 450 Å². The highest BCUT2D eigenvalue weighted by atomic mass is 16.6. The van der Waals surface area contributed by atoms with Crippen LogP contribution in [0.25, 0.3) is 22.7 Å². The maximum Gasteiger partial charge on any atom is 0.391 e. The lowest BCUT2D eigenvalue weighted by atomic mass is 10.3. The summed E-state index contributed by atoms with van der Waals surface area (Å²) in [5.74, 6) is -3.01. The number of anilines is 3. The SMILES string of the molecule is COC(=O)C1=CC([N+](=O)[O-])=NC1.COC(=O)c1cc(N)nn1-c1ccccc1.COC(=O)c1cc(N2CCCC2)nn1-c1ccccc1.COC(=O)c1cc([N+](=O)[O-])nn1-c1ccccc1.O=C(NO)c1cc(N2CCCC2)nn1-c1ccccc1.O=C(O)C1=CC([N+](=O)[O-])=NC1. The third kappa shape index (κ3) is 19.0. The molecule has 8 heterocycles. The molecule has 0 spiro atoms. The number of amides is 1. The summed E-state index contributed by atoms with van der Waals surface area (Å²) in [5.41, 5.74) is 11.5. The van der Waals surface area contributed by atoms with E-state index >= 15 is 0 Å². The summed E-state index contributed by atoms with van der Waals surface area (Å²) in [6, 6.07) is 43.0. The van der Waals surface area contributed by atoms with Crippen molar-refractivity contribution in [2.75, 3.05) is 83.2 Å². The molecule has 1 amide bonds. The molecule has 0 aliphatic carbocycles. The number of amidine groups is 2. The number of methoxy groups -OCH3 is 4. The molecule has 4 aliphatic rings. The number of hydrogen-bond acceptors (Lipinski definition) is 26. The van der Waals surface area contributed by atoms with Gasteiger partial charge in [-0.3, -0.25) is 10.0 Å². The van der Waals surface area contributed by atoms with Crippen LogP contribution in [0.5, 0.6) is 0 Å². The summed E-state index contributed by atoms with van der Waals surface area (Å²) in [4.78, 5) is 108. The third-order valence-corrected chi connectivity index (χ3v) is 13.9. The van der Waals surface area contributed by atoms with E-state index in [4.69, 9.17) is 20.8 Å². The first-order valence-electron chi connectivity index (χ1n) is 29.0. The average molecular weight is 1330 g/mol. The largest absolute Gasteiger partial charge is 0.478 e. The fourth-order valence-electron chi connectivity index (χ4n) is 9.26. The number of aliphatic imine (C=N–C) groups is 2. The van der Waals surface area contributed by atoms with Crippen LogP contribution in [0, 0.1) is 30.3 Å². The number of aromatic nitrogens is 8. The molecule has 35 heteroatoms. The number of nitrogens with one attached hydrogen (secondary N) is 1. The zero-order valence-corrected chi connectivity index (χ0v) is 52.3. The minimum atomic E-state index is -1.16. The smallest absolute Gasteiger partial charge is 0.391 e. The molecule has 12 rings (SSSR count). The molecule has 2 fully saturated rings. The molecule has 0 radical (unpaired) electrons. The number of carbonyl (C=O) groups is 6. The Morgan fingerprint density at radius 2 is 0.804 bits per heavy atom. The van der Waals surface area contributed by atoms with Crippen LogP contribution in [-0.4, -0.2) is 179 Å². The van der Waals surface area contributed by atoms with Crippen LogP contribution in [0.4, 0.5) is 23.3 Å². The second-order valence-electron chi connectivity index (χ2n) is 20.2. The molecule has 4 aromatic carbocycles. The van der Waals surface area contributed by atoms with Gasteiger partial charge < -0.3 is 69.9 Å². The quantitative estimate of drug-likeness (QED) is 0.0332. The molecule has 4 aromatic heterocycles. The highest BCUT2D eigenvalue weighted by Crippen LogP contribution is 2.25. The molecule has 97 heavy (non-hydrogen) atoms. The van der Waals surface area contributed by atoms with Crippen molar-refractivity contribution in [3.05, 3.63) is 222 Å². The van der Waals surface area contributed by atoms with E-state index in [0.29, 0.717) is 22.8 Å². The second-order valence-corrected chi connectivity index (χ2v) is 20.2. The Kier molecular flexibility index (Phi) is 25.4. The van der Waals surface area contributed by atoms with Gasteiger partial charge in [-0.15, -0.1) is 20.0 Å². The molecule has 2 saturated heterocycles.